The Morgan fingerprint density at radius 2 is 2.14 bits per heavy atom. The first-order chi connectivity index (χ1) is 6.65. The molecule has 0 unspecified atom stereocenters. The van der Waals surface area contributed by atoms with Crippen molar-refractivity contribution in [2.45, 2.75) is 33.1 Å². The zero-order valence-electron chi connectivity index (χ0n) is 8.55. The van der Waals surface area contributed by atoms with Gasteiger partial charge in [0.25, 0.3) is 0 Å². The monoisotopic (exact) mass is 197 g/mol. The van der Waals surface area contributed by atoms with Crippen LogP contribution in [0.2, 0.25) is 0 Å². The van der Waals surface area contributed by atoms with Gasteiger partial charge in [-0.05, 0) is 26.2 Å². The van der Waals surface area contributed by atoms with Gasteiger partial charge in [-0.15, -0.1) is 0 Å². The number of amides is 1. The molecule has 1 rings (SSSR count). The molecule has 1 aliphatic carbocycles. The highest BCUT2D eigenvalue weighted by Gasteiger charge is 2.22. The molecule has 1 amide bonds. The molecule has 0 bridgehead atoms. The minimum absolute atomic E-state index is 0.135. The normalized spacial score (nSPS) is 15.6. The summed E-state index contributed by atoms with van der Waals surface area (Å²) < 4.78 is 4.89. The topological polar surface area (TPSA) is 55.4 Å². The molecule has 14 heavy (non-hydrogen) atoms. The highest BCUT2D eigenvalue weighted by molar-refractivity contribution is 5.91. The van der Waals surface area contributed by atoms with Gasteiger partial charge in [0.1, 0.15) is 0 Å². The average Bonchev–Trinajstić information content (AvgIpc) is 2.51. The van der Waals surface area contributed by atoms with Crippen molar-refractivity contribution in [3.05, 3.63) is 11.3 Å². The average molecular weight is 197 g/mol. The van der Waals surface area contributed by atoms with Gasteiger partial charge in [0.05, 0.1) is 12.2 Å². The van der Waals surface area contributed by atoms with Crippen molar-refractivity contribution >= 4 is 11.9 Å². The zero-order chi connectivity index (χ0) is 10.6. The van der Waals surface area contributed by atoms with E-state index < -0.39 is 0 Å². The lowest BCUT2D eigenvalue weighted by atomic mass is 10.2. The van der Waals surface area contributed by atoms with Gasteiger partial charge in [0, 0.05) is 12.6 Å². The van der Waals surface area contributed by atoms with E-state index in [1.165, 1.54) is 6.92 Å². The fraction of sp³-hybridized carbons (Fsp3) is 0.600. The van der Waals surface area contributed by atoms with E-state index >= 15 is 0 Å². The Kier molecular flexibility index (Phi) is 3.68. The van der Waals surface area contributed by atoms with E-state index in [0.717, 1.165) is 18.5 Å². The van der Waals surface area contributed by atoms with Crippen molar-refractivity contribution in [2.24, 2.45) is 0 Å². The number of carbonyl (C=O) groups is 2. The van der Waals surface area contributed by atoms with Crippen LogP contribution in [0.25, 0.3) is 0 Å². The molecule has 0 aromatic heterocycles. The van der Waals surface area contributed by atoms with Crippen molar-refractivity contribution in [1.29, 1.82) is 0 Å². The summed E-state index contributed by atoms with van der Waals surface area (Å²) in [5.41, 5.74) is 1.36. The molecule has 0 spiro atoms. The van der Waals surface area contributed by atoms with E-state index in [1.807, 2.05) is 0 Å². The Morgan fingerprint density at radius 1 is 1.43 bits per heavy atom. The lowest BCUT2D eigenvalue weighted by molar-refractivity contribution is -0.138. The number of nitrogens with one attached hydrogen (secondary N) is 1. The molecular formula is C10H15NO3. The molecule has 1 aliphatic rings. The van der Waals surface area contributed by atoms with Gasteiger partial charge in [-0.1, -0.05) is 0 Å². The molecule has 0 saturated carbocycles. The van der Waals surface area contributed by atoms with Crippen molar-refractivity contribution in [3.8, 4) is 0 Å². The van der Waals surface area contributed by atoms with Gasteiger partial charge < -0.3 is 10.1 Å². The standard InChI is InChI=1S/C10H15NO3/c1-3-14-10(13)8-5-4-6-9(8)11-7(2)12/h3-6H2,1-2H3,(H,11,12). The lowest BCUT2D eigenvalue weighted by Crippen LogP contribution is -2.21. The largest absolute Gasteiger partial charge is 0.463 e. The van der Waals surface area contributed by atoms with E-state index in [1.54, 1.807) is 6.92 Å². The Morgan fingerprint density at radius 3 is 2.71 bits per heavy atom. The number of hydrogen-bond acceptors (Lipinski definition) is 3. The van der Waals surface area contributed by atoms with Gasteiger partial charge in [-0.3, -0.25) is 4.79 Å². The van der Waals surface area contributed by atoms with Gasteiger partial charge in [-0.25, -0.2) is 4.79 Å². The van der Waals surface area contributed by atoms with Crippen molar-refractivity contribution < 1.29 is 14.3 Å². The molecule has 1 N–H and O–H groups in total. The van der Waals surface area contributed by atoms with E-state index in [-0.39, 0.29) is 11.9 Å². The first-order valence-electron chi connectivity index (χ1n) is 4.82. The number of ether oxygens (including phenoxy) is 1. The summed E-state index contributed by atoms with van der Waals surface area (Å²) in [4.78, 5) is 22.2. The number of allylic oxidation sites excluding steroid dienone is 1. The third-order valence-electron chi connectivity index (χ3n) is 2.07. The van der Waals surface area contributed by atoms with Gasteiger partial charge in [0.2, 0.25) is 5.91 Å². The van der Waals surface area contributed by atoms with Crippen LogP contribution in [-0.2, 0) is 14.3 Å². The van der Waals surface area contributed by atoms with Crippen LogP contribution < -0.4 is 5.32 Å². The molecular weight excluding hydrogens is 182 g/mol. The summed E-state index contributed by atoms with van der Waals surface area (Å²) in [5, 5.41) is 2.67. The lowest BCUT2D eigenvalue weighted by Gasteiger charge is -2.06. The molecule has 0 saturated heterocycles. The van der Waals surface area contributed by atoms with Crippen LogP contribution in [-0.4, -0.2) is 18.5 Å². The molecule has 78 valence electrons. The maximum absolute atomic E-state index is 11.4. The molecule has 0 aromatic carbocycles. The Labute approximate surface area is 83.3 Å². The van der Waals surface area contributed by atoms with Crippen molar-refractivity contribution in [2.75, 3.05) is 6.61 Å². The van der Waals surface area contributed by atoms with Crippen LogP contribution in [0.3, 0.4) is 0 Å². The Balaban J connectivity index is 2.71. The number of rotatable bonds is 3. The molecule has 4 heteroatoms. The Hall–Kier alpha value is -1.32. The summed E-state index contributed by atoms with van der Waals surface area (Å²) in [6.45, 7) is 3.58. The molecule has 0 aliphatic heterocycles. The van der Waals surface area contributed by atoms with Crippen molar-refractivity contribution in [1.82, 2.24) is 5.32 Å². The highest BCUT2D eigenvalue weighted by atomic mass is 16.5. The maximum Gasteiger partial charge on any atom is 0.335 e. The van der Waals surface area contributed by atoms with Crippen LogP contribution in [0.15, 0.2) is 11.3 Å². The van der Waals surface area contributed by atoms with E-state index in [4.69, 9.17) is 4.74 Å². The minimum Gasteiger partial charge on any atom is -0.463 e. The second kappa shape index (κ2) is 4.79. The zero-order valence-corrected chi connectivity index (χ0v) is 8.55. The van der Waals surface area contributed by atoms with E-state index in [2.05, 4.69) is 5.32 Å². The fourth-order valence-electron chi connectivity index (χ4n) is 1.54. The summed E-state index contributed by atoms with van der Waals surface area (Å²) in [7, 11) is 0. The van der Waals surface area contributed by atoms with E-state index in [9.17, 15) is 9.59 Å². The summed E-state index contributed by atoms with van der Waals surface area (Å²) in [5.74, 6) is -0.433. The van der Waals surface area contributed by atoms with Gasteiger partial charge >= 0.3 is 5.97 Å². The predicted molar refractivity (Wildman–Crippen MR) is 51.3 cm³/mol. The molecule has 0 fully saturated rings. The van der Waals surface area contributed by atoms with Crippen LogP contribution in [0.1, 0.15) is 33.1 Å². The first kappa shape index (κ1) is 10.8. The van der Waals surface area contributed by atoms with Crippen molar-refractivity contribution in [3.63, 3.8) is 0 Å². The van der Waals surface area contributed by atoms with Gasteiger partial charge in [-0.2, -0.15) is 0 Å². The molecule has 0 aromatic rings. The summed E-state index contributed by atoms with van der Waals surface area (Å²) in [6.07, 6.45) is 2.37. The molecule has 0 atom stereocenters. The minimum atomic E-state index is -0.297. The second-order valence-corrected chi connectivity index (χ2v) is 3.21. The molecule has 0 radical (unpaired) electrons. The SMILES string of the molecule is CCOC(=O)C1=C(NC(C)=O)CCC1. The quantitative estimate of drug-likeness (QED) is 0.690. The Bertz CT molecular complexity index is 281. The van der Waals surface area contributed by atoms with Crippen LogP contribution in [0.4, 0.5) is 0 Å². The maximum atomic E-state index is 11.4. The smallest absolute Gasteiger partial charge is 0.335 e. The first-order valence-corrected chi connectivity index (χ1v) is 4.82. The highest BCUT2D eigenvalue weighted by Crippen LogP contribution is 2.24. The van der Waals surface area contributed by atoms with Crippen LogP contribution >= 0.6 is 0 Å². The van der Waals surface area contributed by atoms with Crippen LogP contribution in [0, 0.1) is 0 Å². The fourth-order valence-corrected chi connectivity index (χ4v) is 1.54. The van der Waals surface area contributed by atoms with E-state index in [0.29, 0.717) is 18.6 Å². The van der Waals surface area contributed by atoms with Crippen LogP contribution in [0.5, 0.6) is 0 Å². The van der Waals surface area contributed by atoms with Gasteiger partial charge in [0.15, 0.2) is 0 Å². The summed E-state index contributed by atoms with van der Waals surface area (Å²) in [6, 6.07) is 0. The third kappa shape index (κ3) is 2.58. The number of hydrogen-bond donors (Lipinski definition) is 1. The third-order valence-corrected chi connectivity index (χ3v) is 2.07. The number of esters is 1. The molecule has 4 nitrogen and oxygen atoms in total. The number of carbonyl (C=O) groups excluding carboxylic acids is 2. The second-order valence-electron chi connectivity index (χ2n) is 3.21. The summed E-state index contributed by atoms with van der Waals surface area (Å²) >= 11 is 0. The predicted octanol–water partition coefficient (Wildman–Crippen LogP) is 1.12. The molecule has 0 heterocycles.